The van der Waals surface area contributed by atoms with Gasteiger partial charge in [0.1, 0.15) is 17.6 Å². The number of ether oxygens (including phenoxy) is 2. The van der Waals surface area contributed by atoms with Gasteiger partial charge < -0.3 is 19.7 Å². The number of rotatable bonds is 5. The summed E-state index contributed by atoms with van der Waals surface area (Å²) in [4.78, 5) is 43.2. The Morgan fingerprint density at radius 3 is 2.57 bits per heavy atom. The number of hydrogen-bond acceptors (Lipinski definition) is 5. The smallest absolute Gasteiger partial charge is 0.256 e. The van der Waals surface area contributed by atoms with Crippen LogP contribution in [0.25, 0.3) is 0 Å². The van der Waals surface area contributed by atoms with Crippen molar-refractivity contribution in [1.29, 1.82) is 0 Å². The summed E-state index contributed by atoms with van der Waals surface area (Å²) in [6, 6.07) is 11.4. The Balaban J connectivity index is 1.36. The SMILES string of the molecule is O=C(NC[C@@H]1CCCO1)[C@H]1COC2(CCN(C(=O)c3ccccc3Cl)CC2)N1C(=O)c1cccc(F)c1. The van der Waals surface area contributed by atoms with Crippen LogP contribution in [0, 0.1) is 5.82 Å². The first-order valence-electron chi connectivity index (χ1n) is 12.5. The van der Waals surface area contributed by atoms with E-state index in [1.165, 1.54) is 23.1 Å². The highest BCUT2D eigenvalue weighted by atomic mass is 35.5. The van der Waals surface area contributed by atoms with Gasteiger partial charge in [0.25, 0.3) is 11.8 Å². The fourth-order valence-corrected chi connectivity index (χ4v) is 5.55. The van der Waals surface area contributed by atoms with E-state index in [2.05, 4.69) is 5.32 Å². The van der Waals surface area contributed by atoms with E-state index >= 15 is 0 Å². The molecular formula is C27H29ClFN3O5. The molecule has 3 saturated heterocycles. The van der Waals surface area contributed by atoms with Gasteiger partial charge in [-0.15, -0.1) is 0 Å². The number of hydrogen-bond donors (Lipinski definition) is 1. The lowest BCUT2D eigenvalue weighted by Gasteiger charge is -2.44. The third-order valence-electron chi connectivity index (χ3n) is 7.32. The highest BCUT2D eigenvalue weighted by molar-refractivity contribution is 6.33. The summed E-state index contributed by atoms with van der Waals surface area (Å²) in [6.45, 7) is 1.65. The molecule has 3 heterocycles. The number of nitrogens with zero attached hydrogens (tertiary/aromatic N) is 2. The quantitative estimate of drug-likeness (QED) is 0.642. The third kappa shape index (κ3) is 5.21. The molecule has 2 aromatic rings. The first-order chi connectivity index (χ1) is 17.9. The molecule has 8 nitrogen and oxygen atoms in total. The Labute approximate surface area is 219 Å². The number of carbonyl (C=O) groups is 3. The molecule has 5 rings (SSSR count). The Kier molecular flexibility index (Phi) is 7.46. The molecule has 3 aliphatic rings. The van der Waals surface area contributed by atoms with Crippen molar-refractivity contribution in [3.63, 3.8) is 0 Å². The van der Waals surface area contributed by atoms with Crippen molar-refractivity contribution in [3.8, 4) is 0 Å². The molecule has 0 bridgehead atoms. The minimum absolute atomic E-state index is 0.0108. The maximum absolute atomic E-state index is 14.0. The topological polar surface area (TPSA) is 88.2 Å². The minimum atomic E-state index is -1.09. The van der Waals surface area contributed by atoms with Crippen LogP contribution in [0.2, 0.25) is 5.02 Å². The van der Waals surface area contributed by atoms with Crippen LogP contribution < -0.4 is 5.32 Å². The van der Waals surface area contributed by atoms with E-state index in [1.54, 1.807) is 29.2 Å². The Hall–Kier alpha value is -3.01. The summed E-state index contributed by atoms with van der Waals surface area (Å²) in [7, 11) is 0. The predicted molar refractivity (Wildman–Crippen MR) is 134 cm³/mol. The van der Waals surface area contributed by atoms with Crippen LogP contribution in [-0.2, 0) is 14.3 Å². The summed E-state index contributed by atoms with van der Waals surface area (Å²) in [5.74, 6) is -1.57. The maximum Gasteiger partial charge on any atom is 0.256 e. The molecule has 3 amide bonds. The van der Waals surface area contributed by atoms with Crippen LogP contribution in [-0.4, -0.2) is 78.2 Å². The van der Waals surface area contributed by atoms with Crippen LogP contribution in [0.4, 0.5) is 4.39 Å². The van der Waals surface area contributed by atoms with Crippen molar-refractivity contribution in [2.75, 3.05) is 32.8 Å². The highest BCUT2D eigenvalue weighted by Crippen LogP contribution is 2.39. The van der Waals surface area contributed by atoms with Crippen molar-refractivity contribution in [2.45, 2.75) is 43.6 Å². The van der Waals surface area contributed by atoms with Crippen molar-refractivity contribution >= 4 is 29.3 Å². The average Bonchev–Trinajstić information content (AvgIpc) is 3.56. The zero-order valence-corrected chi connectivity index (χ0v) is 21.1. The third-order valence-corrected chi connectivity index (χ3v) is 7.65. The van der Waals surface area contributed by atoms with E-state index in [1.807, 2.05) is 0 Å². The van der Waals surface area contributed by atoms with Crippen LogP contribution >= 0.6 is 11.6 Å². The number of amides is 3. The molecule has 0 aromatic heterocycles. The molecule has 1 N–H and O–H groups in total. The summed E-state index contributed by atoms with van der Waals surface area (Å²) in [6.07, 6.45) is 2.38. The van der Waals surface area contributed by atoms with E-state index in [0.29, 0.717) is 49.7 Å². The van der Waals surface area contributed by atoms with E-state index < -0.39 is 23.5 Å². The minimum Gasteiger partial charge on any atom is -0.376 e. The monoisotopic (exact) mass is 529 g/mol. The second-order valence-corrected chi connectivity index (χ2v) is 10.0. The number of piperidine rings is 1. The van der Waals surface area contributed by atoms with Gasteiger partial charge in [0.2, 0.25) is 5.91 Å². The van der Waals surface area contributed by atoms with Gasteiger partial charge in [-0.25, -0.2) is 4.39 Å². The first kappa shape index (κ1) is 25.6. The van der Waals surface area contributed by atoms with Gasteiger partial charge in [0.15, 0.2) is 0 Å². The number of carbonyl (C=O) groups excluding carboxylic acids is 3. The zero-order valence-electron chi connectivity index (χ0n) is 20.3. The maximum atomic E-state index is 14.0. The standard InChI is InChI=1S/C27H29ClFN3O5/c28-22-9-2-1-8-21(22)26(35)31-12-10-27(11-13-31)32(25(34)18-5-3-6-19(29)15-18)23(17-37-27)24(33)30-16-20-7-4-14-36-20/h1-3,5-6,8-9,15,20,23H,4,7,10-14,16-17H2,(H,30,33)/t20-,23+/m0/s1. The molecule has 196 valence electrons. The average molecular weight is 530 g/mol. The van der Waals surface area contributed by atoms with E-state index in [9.17, 15) is 18.8 Å². The molecule has 10 heteroatoms. The summed E-state index contributed by atoms with van der Waals surface area (Å²) < 4.78 is 25.8. The fraction of sp³-hybridized carbons (Fsp3) is 0.444. The van der Waals surface area contributed by atoms with Crippen LogP contribution in [0.1, 0.15) is 46.4 Å². The normalized spacial score (nSPS) is 22.9. The molecule has 1 spiro atoms. The predicted octanol–water partition coefficient (Wildman–Crippen LogP) is 3.25. The van der Waals surface area contributed by atoms with Gasteiger partial charge in [-0.3, -0.25) is 19.3 Å². The molecular weight excluding hydrogens is 501 g/mol. The van der Waals surface area contributed by atoms with Crippen molar-refractivity contribution < 1.29 is 28.2 Å². The Morgan fingerprint density at radius 2 is 1.86 bits per heavy atom. The van der Waals surface area contributed by atoms with Gasteiger partial charge in [-0.2, -0.15) is 0 Å². The highest BCUT2D eigenvalue weighted by Gasteiger charge is 2.54. The number of halogens is 2. The van der Waals surface area contributed by atoms with Gasteiger partial charge >= 0.3 is 0 Å². The molecule has 3 aliphatic heterocycles. The molecule has 0 saturated carbocycles. The Morgan fingerprint density at radius 1 is 1.08 bits per heavy atom. The summed E-state index contributed by atoms with van der Waals surface area (Å²) >= 11 is 6.23. The van der Waals surface area contributed by atoms with Crippen LogP contribution in [0.15, 0.2) is 48.5 Å². The largest absolute Gasteiger partial charge is 0.376 e. The fourth-order valence-electron chi connectivity index (χ4n) is 5.33. The van der Waals surface area contributed by atoms with E-state index in [4.69, 9.17) is 21.1 Å². The summed E-state index contributed by atoms with van der Waals surface area (Å²) in [5.41, 5.74) is -0.546. The Bertz CT molecular complexity index is 1180. The van der Waals surface area contributed by atoms with Gasteiger partial charge in [-0.1, -0.05) is 29.8 Å². The second-order valence-electron chi connectivity index (χ2n) is 9.61. The number of likely N-dealkylation sites (tertiary alicyclic amines) is 1. The van der Waals surface area contributed by atoms with Crippen molar-refractivity contribution in [1.82, 2.24) is 15.1 Å². The second kappa shape index (κ2) is 10.8. The van der Waals surface area contributed by atoms with Gasteiger partial charge in [0.05, 0.1) is 23.3 Å². The zero-order chi connectivity index (χ0) is 26.0. The van der Waals surface area contributed by atoms with E-state index in [-0.39, 0.29) is 30.1 Å². The number of benzene rings is 2. The molecule has 2 atom stereocenters. The lowest BCUT2D eigenvalue weighted by atomic mass is 9.96. The van der Waals surface area contributed by atoms with Crippen molar-refractivity contribution in [3.05, 3.63) is 70.5 Å². The molecule has 3 fully saturated rings. The van der Waals surface area contributed by atoms with Gasteiger partial charge in [0, 0.05) is 44.6 Å². The first-order valence-corrected chi connectivity index (χ1v) is 12.9. The molecule has 0 unspecified atom stereocenters. The molecule has 2 aromatic carbocycles. The number of nitrogens with one attached hydrogen (secondary N) is 1. The molecule has 0 radical (unpaired) electrons. The molecule has 37 heavy (non-hydrogen) atoms. The molecule has 0 aliphatic carbocycles. The van der Waals surface area contributed by atoms with E-state index in [0.717, 1.165) is 18.9 Å². The lowest BCUT2D eigenvalue weighted by Crippen LogP contribution is -2.60. The van der Waals surface area contributed by atoms with Crippen LogP contribution in [0.5, 0.6) is 0 Å². The lowest BCUT2D eigenvalue weighted by molar-refractivity contribution is -0.128. The van der Waals surface area contributed by atoms with Crippen LogP contribution in [0.3, 0.4) is 0 Å². The summed E-state index contributed by atoms with van der Waals surface area (Å²) in [5, 5.41) is 3.27. The van der Waals surface area contributed by atoms with Gasteiger partial charge in [-0.05, 0) is 43.2 Å². The van der Waals surface area contributed by atoms with Crippen molar-refractivity contribution in [2.24, 2.45) is 0 Å².